The normalized spacial score (nSPS) is 21.6. The lowest BCUT2D eigenvalue weighted by Crippen LogP contribution is -2.49. The van der Waals surface area contributed by atoms with Crippen LogP contribution in [0.1, 0.15) is 40.0 Å². The van der Waals surface area contributed by atoms with Gasteiger partial charge in [-0.15, -0.1) is 0 Å². The minimum Gasteiger partial charge on any atom is -0.336 e. The molecule has 1 aliphatic rings. The fourth-order valence-corrected chi connectivity index (χ4v) is 2.50. The Hall–Kier alpha value is -1.47. The number of alkyl halides is 3. The summed E-state index contributed by atoms with van der Waals surface area (Å²) in [7, 11) is 0. The van der Waals surface area contributed by atoms with E-state index in [0.29, 0.717) is 5.92 Å². The first-order valence-corrected chi connectivity index (χ1v) is 7.55. The average molecular weight is 323 g/mol. The molecule has 22 heavy (non-hydrogen) atoms. The van der Waals surface area contributed by atoms with Crippen LogP contribution >= 0.6 is 0 Å². The second kappa shape index (κ2) is 7.69. The van der Waals surface area contributed by atoms with Crippen molar-refractivity contribution in [2.24, 2.45) is 5.92 Å². The van der Waals surface area contributed by atoms with Crippen molar-refractivity contribution in [2.75, 3.05) is 13.1 Å². The number of likely N-dealkylation sites (tertiary alicyclic amines) is 1. The van der Waals surface area contributed by atoms with E-state index < -0.39 is 30.7 Å². The van der Waals surface area contributed by atoms with E-state index in [1.165, 1.54) is 0 Å². The maximum atomic E-state index is 12.3. The van der Waals surface area contributed by atoms with Crippen molar-refractivity contribution < 1.29 is 22.8 Å². The molecule has 1 heterocycles. The molecule has 3 atom stereocenters. The van der Waals surface area contributed by atoms with Gasteiger partial charge < -0.3 is 15.5 Å². The average Bonchev–Trinajstić information content (AvgIpc) is 2.69. The number of carbonyl (C=O) groups excluding carboxylic acids is 2. The van der Waals surface area contributed by atoms with Gasteiger partial charge in [-0.25, -0.2) is 4.79 Å². The molecule has 8 heteroatoms. The first-order chi connectivity index (χ1) is 10.1. The molecule has 0 aromatic rings. The topological polar surface area (TPSA) is 61.4 Å². The van der Waals surface area contributed by atoms with E-state index in [-0.39, 0.29) is 19.0 Å². The van der Waals surface area contributed by atoms with E-state index in [2.05, 4.69) is 24.5 Å². The highest BCUT2D eigenvalue weighted by atomic mass is 19.4. The van der Waals surface area contributed by atoms with E-state index in [1.807, 2.05) is 6.92 Å². The fraction of sp³-hybridized carbons (Fsp3) is 0.857. The predicted molar refractivity (Wildman–Crippen MR) is 76.2 cm³/mol. The number of hydrogen-bond donors (Lipinski definition) is 2. The zero-order valence-electron chi connectivity index (χ0n) is 13.2. The standard InChI is InChI=1S/C14H24F3N3O2/c1-4-9(2)7-10(3)18-13(22)19-11-5-6-20(12(11)21)8-14(15,16)17/h9-11H,4-8H2,1-3H3,(H2,18,19,22)/t9-,10-,11-/m0/s1. The molecule has 0 radical (unpaired) electrons. The SMILES string of the molecule is CC[C@H](C)C[C@H](C)NC(=O)N[C@H]1CCN(CC(F)(F)F)C1=O. The molecule has 0 spiro atoms. The minimum absolute atomic E-state index is 0.00567. The molecule has 0 saturated carbocycles. The number of hydrogen-bond acceptors (Lipinski definition) is 2. The Balaban J connectivity index is 2.41. The fourth-order valence-electron chi connectivity index (χ4n) is 2.50. The Kier molecular flexibility index (Phi) is 6.49. The van der Waals surface area contributed by atoms with Crippen LogP contribution in [0, 0.1) is 5.92 Å². The molecule has 1 rings (SSSR count). The van der Waals surface area contributed by atoms with Crippen molar-refractivity contribution in [3.8, 4) is 0 Å². The molecule has 0 bridgehead atoms. The molecule has 5 nitrogen and oxygen atoms in total. The van der Waals surface area contributed by atoms with Gasteiger partial charge >= 0.3 is 12.2 Å². The summed E-state index contributed by atoms with van der Waals surface area (Å²) in [5, 5.41) is 5.17. The summed E-state index contributed by atoms with van der Waals surface area (Å²) in [6.07, 6.45) is -2.41. The summed E-state index contributed by atoms with van der Waals surface area (Å²) in [6, 6.07) is -1.45. The smallest absolute Gasteiger partial charge is 0.336 e. The number of amides is 3. The number of nitrogens with zero attached hydrogens (tertiary/aromatic N) is 1. The van der Waals surface area contributed by atoms with Gasteiger partial charge in [-0.1, -0.05) is 20.3 Å². The maximum Gasteiger partial charge on any atom is 0.406 e. The monoisotopic (exact) mass is 323 g/mol. The van der Waals surface area contributed by atoms with Crippen LogP contribution in [0.25, 0.3) is 0 Å². The molecular weight excluding hydrogens is 299 g/mol. The highest BCUT2D eigenvalue weighted by Crippen LogP contribution is 2.20. The van der Waals surface area contributed by atoms with Crippen LogP contribution in [0.5, 0.6) is 0 Å². The predicted octanol–water partition coefficient (Wildman–Crippen LogP) is 2.27. The lowest BCUT2D eigenvalue weighted by atomic mass is 10.0. The number of carbonyl (C=O) groups is 2. The van der Waals surface area contributed by atoms with Gasteiger partial charge in [-0.2, -0.15) is 13.2 Å². The summed E-state index contributed by atoms with van der Waals surface area (Å²) in [4.78, 5) is 24.3. The Labute approximate surface area is 128 Å². The summed E-state index contributed by atoms with van der Waals surface area (Å²) >= 11 is 0. The molecule has 0 aromatic carbocycles. The van der Waals surface area contributed by atoms with Crippen LogP contribution in [-0.2, 0) is 4.79 Å². The quantitative estimate of drug-likeness (QED) is 0.788. The summed E-state index contributed by atoms with van der Waals surface area (Å²) in [5.41, 5.74) is 0. The van der Waals surface area contributed by atoms with Crippen LogP contribution < -0.4 is 10.6 Å². The van der Waals surface area contributed by atoms with Crippen molar-refractivity contribution in [1.29, 1.82) is 0 Å². The minimum atomic E-state index is -4.42. The van der Waals surface area contributed by atoms with Gasteiger partial charge in [-0.3, -0.25) is 4.79 Å². The lowest BCUT2D eigenvalue weighted by molar-refractivity contribution is -0.157. The molecule has 0 aromatic heterocycles. The molecule has 2 N–H and O–H groups in total. The maximum absolute atomic E-state index is 12.3. The van der Waals surface area contributed by atoms with Gasteiger partial charge in [0.05, 0.1) is 0 Å². The van der Waals surface area contributed by atoms with Gasteiger partial charge in [-0.05, 0) is 25.7 Å². The van der Waals surface area contributed by atoms with E-state index in [9.17, 15) is 22.8 Å². The van der Waals surface area contributed by atoms with Crippen LogP contribution in [0.3, 0.4) is 0 Å². The molecule has 1 saturated heterocycles. The second-order valence-corrected chi connectivity index (χ2v) is 5.98. The zero-order chi connectivity index (χ0) is 16.9. The number of rotatable bonds is 6. The van der Waals surface area contributed by atoms with Gasteiger partial charge in [0.2, 0.25) is 5.91 Å². The van der Waals surface area contributed by atoms with E-state index >= 15 is 0 Å². The largest absolute Gasteiger partial charge is 0.406 e. The molecule has 3 amide bonds. The van der Waals surface area contributed by atoms with Crippen molar-refractivity contribution in [3.05, 3.63) is 0 Å². The van der Waals surface area contributed by atoms with Crippen molar-refractivity contribution >= 4 is 11.9 Å². The first-order valence-electron chi connectivity index (χ1n) is 7.55. The Morgan fingerprint density at radius 2 is 2.05 bits per heavy atom. The van der Waals surface area contributed by atoms with Gasteiger partial charge in [0.25, 0.3) is 0 Å². The van der Waals surface area contributed by atoms with Crippen molar-refractivity contribution in [1.82, 2.24) is 15.5 Å². The van der Waals surface area contributed by atoms with Crippen LogP contribution in [0.2, 0.25) is 0 Å². The highest BCUT2D eigenvalue weighted by molar-refractivity contribution is 5.88. The van der Waals surface area contributed by atoms with E-state index in [0.717, 1.165) is 17.7 Å². The number of nitrogens with one attached hydrogen (secondary N) is 2. The number of halogens is 3. The first kappa shape index (κ1) is 18.6. The van der Waals surface area contributed by atoms with Gasteiger partial charge in [0.1, 0.15) is 12.6 Å². The summed E-state index contributed by atoms with van der Waals surface area (Å²) in [5.74, 6) is -0.215. The Bertz CT molecular complexity index is 401. The van der Waals surface area contributed by atoms with Gasteiger partial charge in [0.15, 0.2) is 0 Å². The van der Waals surface area contributed by atoms with Crippen LogP contribution in [0.4, 0.5) is 18.0 Å². The third-order valence-electron chi connectivity index (χ3n) is 3.80. The molecular formula is C14H24F3N3O2. The Morgan fingerprint density at radius 1 is 1.41 bits per heavy atom. The molecule has 128 valence electrons. The highest BCUT2D eigenvalue weighted by Gasteiger charge is 2.39. The van der Waals surface area contributed by atoms with Crippen LogP contribution in [-0.4, -0.2) is 48.2 Å². The van der Waals surface area contributed by atoms with E-state index in [1.54, 1.807) is 0 Å². The zero-order valence-corrected chi connectivity index (χ0v) is 13.2. The van der Waals surface area contributed by atoms with Crippen molar-refractivity contribution in [3.63, 3.8) is 0 Å². The van der Waals surface area contributed by atoms with Crippen LogP contribution in [0.15, 0.2) is 0 Å². The summed E-state index contributed by atoms with van der Waals surface area (Å²) < 4.78 is 36.9. The summed E-state index contributed by atoms with van der Waals surface area (Å²) in [6.45, 7) is 4.73. The molecule has 0 unspecified atom stereocenters. The lowest BCUT2D eigenvalue weighted by Gasteiger charge is -2.20. The molecule has 1 aliphatic heterocycles. The Morgan fingerprint density at radius 3 is 2.59 bits per heavy atom. The van der Waals surface area contributed by atoms with Crippen molar-refractivity contribution in [2.45, 2.75) is 58.3 Å². The molecule has 1 fully saturated rings. The number of urea groups is 1. The third-order valence-corrected chi connectivity index (χ3v) is 3.80. The van der Waals surface area contributed by atoms with Gasteiger partial charge in [0, 0.05) is 12.6 Å². The molecule has 0 aliphatic carbocycles. The van der Waals surface area contributed by atoms with E-state index in [4.69, 9.17) is 0 Å². The second-order valence-electron chi connectivity index (χ2n) is 5.98. The third kappa shape index (κ3) is 6.11.